The first kappa shape index (κ1) is 20.1. The van der Waals surface area contributed by atoms with Crippen molar-refractivity contribution in [2.45, 2.75) is 32.4 Å². The highest BCUT2D eigenvalue weighted by Gasteiger charge is 2.41. The van der Waals surface area contributed by atoms with Gasteiger partial charge in [0.05, 0.1) is 11.7 Å². The second-order valence-corrected chi connectivity index (χ2v) is 7.82. The molecule has 0 spiro atoms. The standard InChI is InChI=1S/C23H24N4O2S/c1-15-6-5-7-17(14-15)25-20(28)11-13-27-22(19-10-9-16(2)29-19)21(26-23(27)30)18-8-3-4-12-24-18/h3-10,12,14,21-22H,11,13H2,1-2H3,(H,25,28)(H,26,30)/t21-,22-/m0/s1. The molecule has 7 heteroatoms. The molecule has 3 heterocycles. The van der Waals surface area contributed by atoms with Gasteiger partial charge < -0.3 is 20.0 Å². The molecular formula is C23H24N4O2S. The van der Waals surface area contributed by atoms with E-state index in [1.165, 1.54) is 0 Å². The van der Waals surface area contributed by atoms with Crippen LogP contribution in [0.2, 0.25) is 0 Å². The number of anilines is 1. The van der Waals surface area contributed by atoms with E-state index >= 15 is 0 Å². The Morgan fingerprint density at radius 2 is 2.07 bits per heavy atom. The fourth-order valence-electron chi connectivity index (χ4n) is 3.74. The fourth-order valence-corrected chi connectivity index (χ4v) is 4.07. The molecule has 1 amide bonds. The summed E-state index contributed by atoms with van der Waals surface area (Å²) >= 11 is 5.61. The molecule has 0 unspecified atom stereocenters. The summed E-state index contributed by atoms with van der Waals surface area (Å²) in [6.45, 7) is 4.38. The van der Waals surface area contributed by atoms with E-state index in [0.717, 1.165) is 28.5 Å². The summed E-state index contributed by atoms with van der Waals surface area (Å²) < 4.78 is 5.94. The van der Waals surface area contributed by atoms with Crippen molar-refractivity contribution in [2.75, 3.05) is 11.9 Å². The maximum Gasteiger partial charge on any atom is 0.226 e. The van der Waals surface area contributed by atoms with Crippen LogP contribution < -0.4 is 10.6 Å². The molecule has 2 atom stereocenters. The van der Waals surface area contributed by atoms with Gasteiger partial charge in [0, 0.05) is 24.8 Å². The first-order valence-electron chi connectivity index (χ1n) is 9.92. The van der Waals surface area contributed by atoms with Crippen molar-refractivity contribution >= 4 is 28.9 Å². The lowest BCUT2D eigenvalue weighted by molar-refractivity contribution is -0.116. The van der Waals surface area contributed by atoms with E-state index in [0.29, 0.717) is 18.1 Å². The van der Waals surface area contributed by atoms with Crippen LogP contribution in [-0.2, 0) is 4.79 Å². The number of carbonyl (C=O) groups is 1. The molecule has 154 valence electrons. The molecule has 4 rings (SSSR count). The summed E-state index contributed by atoms with van der Waals surface area (Å²) in [7, 11) is 0. The third-order valence-corrected chi connectivity index (χ3v) is 5.48. The van der Waals surface area contributed by atoms with Crippen LogP contribution in [0.1, 0.15) is 41.3 Å². The minimum atomic E-state index is -0.173. The average molecular weight is 421 g/mol. The number of hydrogen-bond acceptors (Lipinski definition) is 4. The summed E-state index contributed by atoms with van der Waals surface area (Å²) in [5.41, 5.74) is 2.78. The minimum absolute atomic E-state index is 0.0564. The van der Waals surface area contributed by atoms with Crippen molar-refractivity contribution in [1.29, 1.82) is 0 Å². The Bertz CT molecular complexity index is 1050. The summed E-state index contributed by atoms with van der Waals surface area (Å²) in [5.74, 6) is 1.58. The van der Waals surface area contributed by atoms with Gasteiger partial charge in [-0.15, -0.1) is 0 Å². The molecular weight excluding hydrogens is 396 g/mol. The lowest BCUT2D eigenvalue weighted by Crippen LogP contribution is -2.32. The van der Waals surface area contributed by atoms with Crippen LogP contribution in [0.3, 0.4) is 0 Å². The van der Waals surface area contributed by atoms with Crippen molar-refractivity contribution in [3.63, 3.8) is 0 Å². The molecule has 1 aliphatic heterocycles. The molecule has 1 fully saturated rings. The smallest absolute Gasteiger partial charge is 0.226 e. The molecule has 2 aromatic heterocycles. The van der Waals surface area contributed by atoms with Crippen LogP contribution >= 0.6 is 12.2 Å². The van der Waals surface area contributed by atoms with E-state index in [4.69, 9.17) is 16.6 Å². The summed E-state index contributed by atoms with van der Waals surface area (Å²) in [5, 5.41) is 6.91. The normalized spacial score (nSPS) is 18.3. The van der Waals surface area contributed by atoms with E-state index < -0.39 is 0 Å². The van der Waals surface area contributed by atoms with Gasteiger partial charge in [-0.1, -0.05) is 18.2 Å². The van der Waals surface area contributed by atoms with Gasteiger partial charge in [-0.2, -0.15) is 0 Å². The van der Waals surface area contributed by atoms with Crippen molar-refractivity contribution < 1.29 is 9.21 Å². The third-order valence-electron chi connectivity index (χ3n) is 5.13. The van der Waals surface area contributed by atoms with Crippen molar-refractivity contribution in [3.05, 3.63) is 83.6 Å². The zero-order valence-corrected chi connectivity index (χ0v) is 17.8. The largest absolute Gasteiger partial charge is 0.464 e. The molecule has 1 saturated heterocycles. The Labute approximate surface area is 181 Å². The predicted octanol–water partition coefficient (Wildman–Crippen LogP) is 4.29. The Kier molecular flexibility index (Phi) is 5.81. The molecule has 0 bridgehead atoms. The Morgan fingerprint density at radius 3 is 2.77 bits per heavy atom. The minimum Gasteiger partial charge on any atom is -0.464 e. The van der Waals surface area contributed by atoms with Gasteiger partial charge in [-0.3, -0.25) is 9.78 Å². The van der Waals surface area contributed by atoms with E-state index in [1.807, 2.05) is 73.3 Å². The number of aromatic nitrogens is 1. The molecule has 0 saturated carbocycles. The van der Waals surface area contributed by atoms with Crippen molar-refractivity contribution in [1.82, 2.24) is 15.2 Å². The second kappa shape index (κ2) is 8.67. The van der Waals surface area contributed by atoms with Crippen LogP contribution in [-0.4, -0.2) is 27.4 Å². The lowest BCUT2D eigenvalue weighted by Gasteiger charge is -2.25. The van der Waals surface area contributed by atoms with Gasteiger partial charge in [-0.25, -0.2) is 0 Å². The lowest BCUT2D eigenvalue weighted by atomic mass is 10.0. The molecule has 0 radical (unpaired) electrons. The number of carbonyl (C=O) groups excluding carboxylic acids is 1. The molecule has 0 aliphatic carbocycles. The Hall–Kier alpha value is -3.19. The Balaban J connectivity index is 1.51. The number of nitrogens with zero attached hydrogens (tertiary/aromatic N) is 2. The highest BCUT2D eigenvalue weighted by atomic mass is 32.1. The number of nitrogens with one attached hydrogen (secondary N) is 2. The van der Waals surface area contributed by atoms with Crippen molar-refractivity contribution in [3.8, 4) is 0 Å². The SMILES string of the molecule is Cc1cccc(NC(=O)CCN2C(=S)N[C@@H](c3ccccn3)[C@@H]2c2ccc(C)o2)c1. The molecule has 6 nitrogen and oxygen atoms in total. The Morgan fingerprint density at radius 1 is 1.20 bits per heavy atom. The number of amides is 1. The summed E-state index contributed by atoms with van der Waals surface area (Å²) in [6, 6.07) is 17.2. The van der Waals surface area contributed by atoms with Gasteiger partial charge in [-0.05, 0) is 68.0 Å². The topological polar surface area (TPSA) is 70.4 Å². The van der Waals surface area contributed by atoms with Gasteiger partial charge >= 0.3 is 0 Å². The van der Waals surface area contributed by atoms with Crippen molar-refractivity contribution in [2.24, 2.45) is 0 Å². The van der Waals surface area contributed by atoms with Crippen LogP contribution in [0, 0.1) is 13.8 Å². The molecule has 1 aliphatic rings. The first-order chi connectivity index (χ1) is 14.5. The fraction of sp³-hybridized carbons (Fsp3) is 0.261. The number of aryl methyl sites for hydroxylation is 2. The second-order valence-electron chi connectivity index (χ2n) is 7.44. The summed E-state index contributed by atoms with van der Waals surface area (Å²) in [4.78, 5) is 19.1. The maximum atomic E-state index is 12.5. The van der Waals surface area contributed by atoms with Crippen LogP contribution in [0.15, 0.2) is 65.2 Å². The van der Waals surface area contributed by atoms with E-state index in [-0.39, 0.29) is 18.0 Å². The number of thiocarbonyl (C=S) groups is 1. The number of benzene rings is 1. The monoisotopic (exact) mass is 420 g/mol. The van der Waals surface area contributed by atoms with Crippen LogP contribution in [0.4, 0.5) is 5.69 Å². The van der Waals surface area contributed by atoms with Gasteiger partial charge in [0.1, 0.15) is 17.6 Å². The molecule has 3 aromatic rings. The predicted molar refractivity (Wildman–Crippen MR) is 120 cm³/mol. The quantitative estimate of drug-likeness (QED) is 0.580. The van der Waals surface area contributed by atoms with Gasteiger partial charge in [0.15, 0.2) is 5.11 Å². The maximum absolute atomic E-state index is 12.5. The van der Waals surface area contributed by atoms with E-state index in [1.54, 1.807) is 6.20 Å². The first-order valence-corrected chi connectivity index (χ1v) is 10.3. The van der Waals surface area contributed by atoms with Crippen LogP contribution in [0.25, 0.3) is 0 Å². The number of hydrogen-bond donors (Lipinski definition) is 2. The zero-order chi connectivity index (χ0) is 21.1. The molecule has 2 N–H and O–H groups in total. The van der Waals surface area contributed by atoms with E-state index in [2.05, 4.69) is 15.6 Å². The number of rotatable bonds is 6. The number of pyridine rings is 1. The molecule has 30 heavy (non-hydrogen) atoms. The highest BCUT2D eigenvalue weighted by Crippen LogP contribution is 2.39. The van der Waals surface area contributed by atoms with Gasteiger partial charge in [0.2, 0.25) is 5.91 Å². The van der Waals surface area contributed by atoms with Gasteiger partial charge in [0.25, 0.3) is 0 Å². The summed E-state index contributed by atoms with van der Waals surface area (Å²) in [6.07, 6.45) is 2.07. The highest BCUT2D eigenvalue weighted by molar-refractivity contribution is 7.80. The van der Waals surface area contributed by atoms with Crippen LogP contribution in [0.5, 0.6) is 0 Å². The number of furan rings is 1. The third kappa shape index (κ3) is 4.36. The zero-order valence-electron chi connectivity index (χ0n) is 17.0. The average Bonchev–Trinajstić information content (AvgIpc) is 3.30. The molecule has 1 aromatic carbocycles. The van der Waals surface area contributed by atoms with E-state index in [9.17, 15) is 4.79 Å².